The number of pyridine rings is 1. The fourth-order valence-corrected chi connectivity index (χ4v) is 3.37. The number of urea groups is 1. The third kappa shape index (κ3) is 3.91. The number of halogens is 2. The fraction of sp³-hybridized carbons (Fsp3) is 0.143. The van der Waals surface area contributed by atoms with Gasteiger partial charge in [0.1, 0.15) is 12.4 Å². The highest BCUT2D eigenvalue weighted by Gasteiger charge is 2.25. The van der Waals surface area contributed by atoms with E-state index >= 15 is 0 Å². The maximum Gasteiger partial charge on any atom is 0.322 e. The number of anilines is 1. The maximum atomic E-state index is 12.7. The number of ether oxygens (including phenoxy) is 1. The highest BCUT2D eigenvalue weighted by molar-refractivity contribution is 6.42. The summed E-state index contributed by atoms with van der Waals surface area (Å²) < 4.78 is 5.59. The number of benzene rings is 2. The Morgan fingerprint density at radius 3 is 2.46 bits per heavy atom. The topological polar surface area (TPSA) is 54.5 Å². The molecule has 2 aromatic carbocycles. The number of fused-ring (bicyclic) bond motifs is 1. The first-order valence-corrected chi connectivity index (χ1v) is 9.54. The van der Waals surface area contributed by atoms with Crippen molar-refractivity contribution in [2.24, 2.45) is 0 Å². The van der Waals surface area contributed by atoms with Gasteiger partial charge in [0, 0.05) is 25.0 Å². The summed E-state index contributed by atoms with van der Waals surface area (Å²) in [6.07, 6.45) is 3.53. The number of hydrogen-bond donors (Lipinski definition) is 1. The van der Waals surface area contributed by atoms with E-state index in [0.717, 1.165) is 16.7 Å². The minimum Gasteiger partial charge on any atom is -0.489 e. The van der Waals surface area contributed by atoms with Crippen molar-refractivity contribution in [2.75, 3.05) is 18.1 Å². The second-order valence-corrected chi connectivity index (χ2v) is 7.14. The van der Waals surface area contributed by atoms with Crippen LogP contribution in [-0.4, -0.2) is 24.2 Å². The van der Waals surface area contributed by atoms with Crippen LogP contribution in [0.25, 0.3) is 11.1 Å². The smallest absolute Gasteiger partial charge is 0.322 e. The van der Waals surface area contributed by atoms with E-state index in [1.807, 2.05) is 36.4 Å². The zero-order chi connectivity index (χ0) is 19.5. The van der Waals surface area contributed by atoms with Crippen LogP contribution >= 0.6 is 23.2 Å². The summed E-state index contributed by atoms with van der Waals surface area (Å²) in [7, 11) is 0. The third-order valence-corrected chi connectivity index (χ3v) is 5.24. The number of carbonyl (C=O) groups is 1. The quantitative estimate of drug-likeness (QED) is 0.644. The molecule has 4 rings (SSSR count). The van der Waals surface area contributed by atoms with Crippen molar-refractivity contribution in [1.82, 2.24) is 10.3 Å². The normalized spacial score (nSPS) is 12.9. The van der Waals surface area contributed by atoms with Gasteiger partial charge in [-0.05, 0) is 34.9 Å². The van der Waals surface area contributed by atoms with Gasteiger partial charge < -0.3 is 10.1 Å². The van der Waals surface area contributed by atoms with Crippen LogP contribution in [-0.2, 0) is 6.54 Å². The number of carbonyl (C=O) groups excluding carboxylic acids is 1. The SMILES string of the molecule is O=C(NCc1ccc(-c2ccncc2)cc1)N1CCOc2cc(Cl)c(Cl)cc21. The van der Waals surface area contributed by atoms with E-state index in [1.165, 1.54) is 0 Å². The molecular formula is C21H17Cl2N3O2. The Morgan fingerprint density at radius 1 is 1.04 bits per heavy atom. The lowest BCUT2D eigenvalue weighted by Gasteiger charge is -2.30. The van der Waals surface area contributed by atoms with Crippen molar-refractivity contribution in [3.8, 4) is 16.9 Å². The summed E-state index contributed by atoms with van der Waals surface area (Å²) in [5.74, 6) is 0.553. The van der Waals surface area contributed by atoms with Crippen molar-refractivity contribution < 1.29 is 9.53 Å². The van der Waals surface area contributed by atoms with Crippen molar-refractivity contribution in [2.45, 2.75) is 6.54 Å². The molecule has 7 heteroatoms. The van der Waals surface area contributed by atoms with Crippen molar-refractivity contribution in [3.63, 3.8) is 0 Å². The molecule has 0 radical (unpaired) electrons. The Kier molecular flexibility index (Phi) is 5.37. The Morgan fingerprint density at radius 2 is 1.71 bits per heavy atom. The highest BCUT2D eigenvalue weighted by atomic mass is 35.5. The number of hydrogen-bond acceptors (Lipinski definition) is 3. The fourth-order valence-electron chi connectivity index (χ4n) is 3.06. The van der Waals surface area contributed by atoms with Crippen LogP contribution in [0, 0.1) is 0 Å². The molecule has 1 aromatic heterocycles. The second kappa shape index (κ2) is 8.09. The van der Waals surface area contributed by atoms with E-state index < -0.39 is 0 Å². The molecule has 142 valence electrons. The molecule has 2 amide bonds. The lowest BCUT2D eigenvalue weighted by Crippen LogP contribution is -2.44. The molecular weight excluding hydrogens is 397 g/mol. The van der Waals surface area contributed by atoms with Gasteiger partial charge in [0.2, 0.25) is 0 Å². The average molecular weight is 414 g/mol. The molecule has 0 bridgehead atoms. The van der Waals surface area contributed by atoms with E-state index in [2.05, 4.69) is 10.3 Å². The van der Waals surface area contributed by atoms with E-state index in [0.29, 0.717) is 41.2 Å². The minimum atomic E-state index is -0.207. The largest absolute Gasteiger partial charge is 0.489 e. The molecule has 2 heterocycles. The number of rotatable bonds is 3. The van der Waals surface area contributed by atoms with E-state index in [4.69, 9.17) is 27.9 Å². The van der Waals surface area contributed by atoms with Gasteiger partial charge >= 0.3 is 6.03 Å². The lowest BCUT2D eigenvalue weighted by atomic mass is 10.1. The van der Waals surface area contributed by atoms with Crippen LogP contribution in [0.15, 0.2) is 60.9 Å². The first kappa shape index (κ1) is 18.6. The van der Waals surface area contributed by atoms with E-state index in [9.17, 15) is 4.79 Å². The first-order chi connectivity index (χ1) is 13.6. The number of amides is 2. The molecule has 5 nitrogen and oxygen atoms in total. The maximum absolute atomic E-state index is 12.7. The van der Waals surface area contributed by atoms with E-state index in [1.54, 1.807) is 29.4 Å². The zero-order valence-electron chi connectivity index (χ0n) is 14.9. The number of nitrogens with zero attached hydrogens (tertiary/aromatic N) is 2. The van der Waals surface area contributed by atoms with Crippen LogP contribution in [0.4, 0.5) is 10.5 Å². The van der Waals surface area contributed by atoms with Crippen LogP contribution in [0.2, 0.25) is 10.0 Å². The molecule has 0 atom stereocenters. The lowest BCUT2D eigenvalue weighted by molar-refractivity contribution is 0.239. The number of aromatic nitrogens is 1. The minimum absolute atomic E-state index is 0.207. The molecule has 0 saturated heterocycles. The average Bonchev–Trinajstić information content (AvgIpc) is 2.73. The van der Waals surface area contributed by atoms with Crippen LogP contribution in [0.5, 0.6) is 5.75 Å². The Bertz CT molecular complexity index is 995. The monoisotopic (exact) mass is 413 g/mol. The molecule has 0 unspecified atom stereocenters. The van der Waals surface area contributed by atoms with Gasteiger partial charge in [0.05, 0.1) is 22.3 Å². The predicted octanol–water partition coefficient (Wildman–Crippen LogP) is 5.16. The second-order valence-electron chi connectivity index (χ2n) is 6.33. The molecule has 1 N–H and O–H groups in total. The molecule has 0 aliphatic carbocycles. The van der Waals surface area contributed by atoms with Crippen molar-refractivity contribution >= 4 is 34.9 Å². The predicted molar refractivity (Wildman–Crippen MR) is 111 cm³/mol. The van der Waals surface area contributed by atoms with Gasteiger partial charge in [-0.25, -0.2) is 4.79 Å². The van der Waals surface area contributed by atoms with Crippen LogP contribution < -0.4 is 15.0 Å². The van der Waals surface area contributed by atoms with Crippen LogP contribution in [0.3, 0.4) is 0 Å². The van der Waals surface area contributed by atoms with Gasteiger partial charge in [-0.15, -0.1) is 0 Å². The molecule has 0 spiro atoms. The summed E-state index contributed by atoms with van der Waals surface area (Å²) in [4.78, 5) is 18.3. The Balaban J connectivity index is 1.43. The molecule has 0 fully saturated rings. The molecule has 28 heavy (non-hydrogen) atoms. The standard InChI is InChI=1S/C21H17Cl2N3O2/c22-17-11-19-20(12-18(17)23)28-10-9-26(19)21(27)25-13-14-1-3-15(4-2-14)16-5-7-24-8-6-16/h1-8,11-12H,9-10,13H2,(H,25,27). The first-order valence-electron chi connectivity index (χ1n) is 8.78. The summed E-state index contributed by atoms with van der Waals surface area (Å²) in [6.45, 7) is 1.26. The highest BCUT2D eigenvalue weighted by Crippen LogP contribution is 2.38. The van der Waals surface area contributed by atoms with Gasteiger partial charge in [-0.3, -0.25) is 9.88 Å². The zero-order valence-corrected chi connectivity index (χ0v) is 16.4. The Hall–Kier alpha value is -2.76. The van der Waals surface area contributed by atoms with Gasteiger partial charge in [-0.1, -0.05) is 47.5 Å². The molecule has 3 aromatic rings. The van der Waals surface area contributed by atoms with Gasteiger partial charge in [-0.2, -0.15) is 0 Å². The van der Waals surface area contributed by atoms with E-state index in [-0.39, 0.29) is 6.03 Å². The third-order valence-electron chi connectivity index (χ3n) is 4.52. The number of nitrogens with one attached hydrogen (secondary N) is 1. The van der Waals surface area contributed by atoms with Crippen molar-refractivity contribution in [1.29, 1.82) is 0 Å². The summed E-state index contributed by atoms with van der Waals surface area (Å²) in [6, 6.07) is 15.1. The van der Waals surface area contributed by atoms with Gasteiger partial charge in [0.25, 0.3) is 0 Å². The van der Waals surface area contributed by atoms with Gasteiger partial charge in [0.15, 0.2) is 0 Å². The summed E-state index contributed by atoms with van der Waals surface area (Å²) in [5.41, 5.74) is 3.83. The molecule has 0 saturated carbocycles. The Labute approximate surface area is 172 Å². The molecule has 1 aliphatic rings. The van der Waals surface area contributed by atoms with Crippen molar-refractivity contribution in [3.05, 3.63) is 76.5 Å². The summed E-state index contributed by atoms with van der Waals surface area (Å²) in [5, 5.41) is 3.73. The van der Waals surface area contributed by atoms with Crippen LogP contribution in [0.1, 0.15) is 5.56 Å². The summed E-state index contributed by atoms with van der Waals surface area (Å²) >= 11 is 12.1. The molecule has 1 aliphatic heterocycles.